The quantitative estimate of drug-likeness (QED) is 0.852. The van der Waals surface area contributed by atoms with Crippen molar-refractivity contribution in [2.45, 2.75) is 26.3 Å². The largest absolute Gasteiger partial charge is 0.457 e. The van der Waals surface area contributed by atoms with Crippen LogP contribution in [0.2, 0.25) is 0 Å². The second-order valence-corrected chi connectivity index (χ2v) is 4.96. The van der Waals surface area contributed by atoms with Gasteiger partial charge in [-0.25, -0.2) is 0 Å². The first kappa shape index (κ1) is 15.1. The molecule has 0 aliphatic heterocycles. The van der Waals surface area contributed by atoms with Crippen LogP contribution in [0, 0.1) is 11.3 Å². The second-order valence-electron chi connectivity index (χ2n) is 4.96. The van der Waals surface area contributed by atoms with Gasteiger partial charge in [0.05, 0.1) is 11.6 Å². The van der Waals surface area contributed by atoms with Gasteiger partial charge in [-0.2, -0.15) is 5.26 Å². The molecule has 0 saturated carbocycles. The zero-order valence-electron chi connectivity index (χ0n) is 12.5. The summed E-state index contributed by atoms with van der Waals surface area (Å²) < 4.78 is 5.96. The Labute approximate surface area is 126 Å². The number of hydrogen-bond acceptors (Lipinski definition) is 3. The first-order valence-electron chi connectivity index (χ1n) is 7.25. The van der Waals surface area contributed by atoms with Gasteiger partial charge in [-0.05, 0) is 44.2 Å². The van der Waals surface area contributed by atoms with Crippen LogP contribution in [-0.4, -0.2) is 6.54 Å². The summed E-state index contributed by atoms with van der Waals surface area (Å²) in [5.74, 6) is 1.51. The maximum absolute atomic E-state index is 8.95. The number of para-hydroxylation sites is 1. The van der Waals surface area contributed by atoms with Crippen molar-refractivity contribution in [3.05, 3.63) is 59.7 Å². The molecular formula is C18H20N2O. The molecule has 2 aromatic carbocycles. The van der Waals surface area contributed by atoms with Crippen LogP contribution in [0.1, 0.15) is 37.4 Å². The molecule has 3 heteroatoms. The van der Waals surface area contributed by atoms with E-state index in [0.29, 0.717) is 11.3 Å². The Morgan fingerprint density at radius 3 is 2.76 bits per heavy atom. The molecule has 2 aromatic rings. The standard InChI is InChI=1S/C18H20N2O/c1-3-11-20-14(2)17-9-4-5-10-18(17)21-16-8-6-7-15(12-16)13-19/h4-10,12,14,20H,3,11H2,1-2H3. The molecule has 0 spiro atoms. The number of ether oxygens (including phenoxy) is 1. The zero-order chi connectivity index (χ0) is 15.1. The van der Waals surface area contributed by atoms with Gasteiger partial charge in [0.2, 0.25) is 0 Å². The molecule has 0 saturated heterocycles. The minimum atomic E-state index is 0.222. The van der Waals surface area contributed by atoms with Crippen LogP contribution in [-0.2, 0) is 0 Å². The van der Waals surface area contributed by atoms with Gasteiger partial charge in [-0.1, -0.05) is 31.2 Å². The Morgan fingerprint density at radius 1 is 1.19 bits per heavy atom. The van der Waals surface area contributed by atoms with Crippen LogP contribution in [0.3, 0.4) is 0 Å². The van der Waals surface area contributed by atoms with Gasteiger partial charge < -0.3 is 10.1 Å². The Bertz CT molecular complexity index is 631. The smallest absolute Gasteiger partial charge is 0.132 e. The molecule has 3 nitrogen and oxygen atoms in total. The highest BCUT2D eigenvalue weighted by Crippen LogP contribution is 2.29. The van der Waals surface area contributed by atoms with E-state index < -0.39 is 0 Å². The molecule has 0 aliphatic rings. The third-order valence-electron chi connectivity index (χ3n) is 3.28. The van der Waals surface area contributed by atoms with E-state index >= 15 is 0 Å². The maximum Gasteiger partial charge on any atom is 0.132 e. The van der Waals surface area contributed by atoms with Crippen molar-refractivity contribution in [1.82, 2.24) is 5.32 Å². The lowest BCUT2D eigenvalue weighted by Gasteiger charge is -2.18. The van der Waals surface area contributed by atoms with Crippen molar-refractivity contribution in [3.63, 3.8) is 0 Å². The molecule has 0 aliphatic carbocycles. The summed E-state index contributed by atoms with van der Waals surface area (Å²) in [6.07, 6.45) is 1.09. The van der Waals surface area contributed by atoms with Gasteiger partial charge in [0.1, 0.15) is 11.5 Å². The van der Waals surface area contributed by atoms with E-state index in [1.165, 1.54) is 0 Å². The van der Waals surface area contributed by atoms with E-state index in [0.717, 1.165) is 24.3 Å². The van der Waals surface area contributed by atoms with Crippen LogP contribution in [0.5, 0.6) is 11.5 Å². The van der Waals surface area contributed by atoms with Crippen molar-refractivity contribution < 1.29 is 4.74 Å². The summed E-state index contributed by atoms with van der Waals surface area (Å²) in [6.45, 7) is 5.25. The summed E-state index contributed by atoms with van der Waals surface area (Å²) in [6, 6.07) is 17.6. The summed E-state index contributed by atoms with van der Waals surface area (Å²) in [4.78, 5) is 0. The predicted octanol–water partition coefficient (Wildman–Crippen LogP) is 4.41. The Balaban J connectivity index is 2.21. The molecule has 21 heavy (non-hydrogen) atoms. The molecule has 0 fully saturated rings. The summed E-state index contributed by atoms with van der Waals surface area (Å²) in [5, 5.41) is 12.4. The minimum Gasteiger partial charge on any atom is -0.457 e. The maximum atomic E-state index is 8.95. The van der Waals surface area contributed by atoms with E-state index in [9.17, 15) is 0 Å². The lowest BCUT2D eigenvalue weighted by atomic mass is 10.1. The van der Waals surface area contributed by atoms with Crippen molar-refractivity contribution >= 4 is 0 Å². The molecule has 0 heterocycles. The third-order valence-corrected chi connectivity index (χ3v) is 3.28. The average molecular weight is 280 g/mol. The Kier molecular flexibility index (Phi) is 5.36. The fourth-order valence-electron chi connectivity index (χ4n) is 2.16. The summed E-state index contributed by atoms with van der Waals surface area (Å²) in [5.41, 5.74) is 1.72. The fourth-order valence-corrected chi connectivity index (χ4v) is 2.16. The van der Waals surface area contributed by atoms with Crippen LogP contribution < -0.4 is 10.1 Å². The third kappa shape index (κ3) is 4.08. The average Bonchev–Trinajstić information content (AvgIpc) is 2.53. The summed E-state index contributed by atoms with van der Waals surface area (Å²) >= 11 is 0. The van der Waals surface area contributed by atoms with Crippen LogP contribution >= 0.6 is 0 Å². The number of hydrogen-bond donors (Lipinski definition) is 1. The van der Waals surface area contributed by atoms with E-state index in [1.807, 2.05) is 30.3 Å². The lowest BCUT2D eigenvalue weighted by molar-refractivity contribution is 0.461. The molecule has 1 atom stereocenters. The topological polar surface area (TPSA) is 45.0 Å². The van der Waals surface area contributed by atoms with E-state index in [1.54, 1.807) is 12.1 Å². The molecule has 0 aromatic heterocycles. The molecule has 1 N–H and O–H groups in total. The number of nitrogens with zero attached hydrogens (tertiary/aromatic N) is 1. The number of benzene rings is 2. The highest BCUT2D eigenvalue weighted by atomic mass is 16.5. The highest BCUT2D eigenvalue weighted by Gasteiger charge is 2.11. The van der Waals surface area contributed by atoms with Gasteiger partial charge in [-0.3, -0.25) is 0 Å². The minimum absolute atomic E-state index is 0.222. The van der Waals surface area contributed by atoms with Crippen LogP contribution in [0.25, 0.3) is 0 Å². The first-order chi connectivity index (χ1) is 10.2. The first-order valence-corrected chi connectivity index (χ1v) is 7.25. The van der Waals surface area contributed by atoms with E-state index in [-0.39, 0.29) is 6.04 Å². The lowest BCUT2D eigenvalue weighted by Crippen LogP contribution is -2.19. The molecule has 1 unspecified atom stereocenters. The highest BCUT2D eigenvalue weighted by molar-refractivity contribution is 5.42. The zero-order valence-corrected chi connectivity index (χ0v) is 12.5. The van der Waals surface area contributed by atoms with Gasteiger partial charge >= 0.3 is 0 Å². The monoisotopic (exact) mass is 280 g/mol. The summed E-state index contributed by atoms with van der Waals surface area (Å²) in [7, 11) is 0. The van der Waals surface area contributed by atoms with Crippen molar-refractivity contribution in [2.24, 2.45) is 0 Å². The van der Waals surface area contributed by atoms with Crippen LogP contribution in [0.15, 0.2) is 48.5 Å². The second kappa shape index (κ2) is 7.47. The number of nitrogens with one attached hydrogen (secondary N) is 1. The molecule has 0 amide bonds. The molecular weight excluding hydrogens is 260 g/mol. The molecule has 2 rings (SSSR count). The molecule has 0 bridgehead atoms. The van der Waals surface area contributed by atoms with E-state index in [2.05, 4.69) is 31.3 Å². The van der Waals surface area contributed by atoms with Crippen LogP contribution in [0.4, 0.5) is 0 Å². The Hall–Kier alpha value is -2.31. The van der Waals surface area contributed by atoms with Crippen molar-refractivity contribution in [3.8, 4) is 17.6 Å². The van der Waals surface area contributed by atoms with Gasteiger partial charge in [0.25, 0.3) is 0 Å². The van der Waals surface area contributed by atoms with E-state index in [4.69, 9.17) is 10.00 Å². The molecule has 0 radical (unpaired) electrons. The SMILES string of the molecule is CCCNC(C)c1ccccc1Oc1cccc(C#N)c1. The number of nitriles is 1. The molecule has 108 valence electrons. The predicted molar refractivity (Wildman–Crippen MR) is 84.4 cm³/mol. The Morgan fingerprint density at radius 2 is 2.00 bits per heavy atom. The van der Waals surface area contributed by atoms with Gasteiger partial charge in [-0.15, -0.1) is 0 Å². The van der Waals surface area contributed by atoms with Gasteiger partial charge in [0.15, 0.2) is 0 Å². The normalized spacial score (nSPS) is 11.7. The van der Waals surface area contributed by atoms with Crippen molar-refractivity contribution in [2.75, 3.05) is 6.54 Å². The number of rotatable bonds is 6. The fraction of sp³-hybridized carbons (Fsp3) is 0.278. The van der Waals surface area contributed by atoms with Gasteiger partial charge in [0, 0.05) is 11.6 Å². The van der Waals surface area contributed by atoms with Crippen molar-refractivity contribution in [1.29, 1.82) is 5.26 Å².